The molecule has 3 nitrogen and oxygen atoms in total. The first-order chi connectivity index (χ1) is 9.13. The fraction of sp³-hybridized carbons (Fsp3) is 0.400. The Bertz CT molecular complexity index is 598. The van der Waals surface area contributed by atoms with Gasteiger partial charge < -0.3 is 9.80 Å². The molecule has 4 heteroatoms. The van der Waals surface area contributed by atoms with Crippen molar-refractivity contribution in [3.8, 4) is 0 Å². The van der Waals surface area contributed by atoms with E-state index in [9.17, 15) is 0 Å². The molecule has 0 bridgehead atoms. The minimum absolute atomic E-state index is 1.10. The first-order valence-corrected chi connectivity index (χ1v) is 7.72. The van der Waals surface area contributed by atoms with E-state index < -0.39 is 0 Å². The molecule has 1 aromatic heterocycles. The van der Waals surface area contributed by atoms with E-state index in [0.29, 0.717) is 0 Å². The van der Waals surface area contributed by atoms with E-state index >= 15 is 0 Å². The Hall–Kier alpha value is -0.880. The van der Waals surface area contributed by atoms with Gasteiger partial charge in [-0.1, -0.05) is 0 Å². The smallest absolute Gasteiger partial charge is 0.0736 e. The first kappa shape index (κ1) is 13.1. The second-order valence-corrected chi connectivity index (χ2v) is 6.48. The molecular formula is C15H18IN3. The van der Waals surface area contributed by atoms with Crippen molar-refractivity contribution in [2.75, 3.05) is 38.1 Å². The molecule has 0 aliphatic carbocycles. The van der Waals surface area contributed by atoms with E-state index in [2.05, 4.69) is 75.6 Å². The number of fused-ring (bicyclic) bond motifs is 1. The topological polar surface area (TPSA) is 19.4 Å². The second-order valence-electron chi connectivity index (χ2n) is 5.23. The molecule has 0 saturated carbocycles. The van der Waals surface area contributed by atoms with Crippen molar-refractivity contribution in [3.05, 3.63) is 33.5 Å². The van der Waals surface area contributed by atoms with Crippen LogP contribution in [0.15, 0.2) is 24.3 Å². The van der Waals surface area contributed by atoms with Crippen LogP contribution in [0.3, 0.4) is 0 Å². The zero-order valence-corrected chi connectivity index (χ0v) is 13.5. The summed E-state index contributed by atoms with van der Waals surface area (Å²) in [6, 6.07) is 8.76. The molecule has 0 N–H and O–H groups in total. The summed E-state index contributed by atoms with van der Waals surface area (Å²) in [5, 5.41) is 1.27. The van der Waals surface area contributed by atoms with Crippen molar-refractivity contribution in [2.45, 2.75) is 6.92 Å². The molecule has 1 fully saturated rings. The summed E-state index contributed by atoms with van der Waals surface area (Å²) < 4.78 is 1.24. The van der Waals surface area contributed by atoms with Gasteiger partial charge in [0.2, 0.25) is 0 Å². The molecule has 0 atom stereocenters. The van der Waals surface area contributed by atoms with Crippen LogP contribution in [0.5, 0.6) is 0 Å². The van der Waals surface area contributed by atoms with Crippen LogP contribution in [-0.2, 0) is 0 Å². The number of pyridine rings is 1. The van der Waals surface area contributed by atoms with Gasteiger partial charge in [0.05, 0.1) is 5.52 Å². The number of nitrogens with zero attached hydrogens (tertiary/aromatic N) is 3. The van der Waals surface area contributed by atoms with Gasteiger partial charge in [0.1, 0.15) is 0 Å². The van der Waals surface area contributed by atoms with Gasteiger partial charge in [-0.05, 0) is 60.8 Å². The maximum atomic E-state index is 4.67. The molecule has 1 saturated heterocycles. The molecule has 19 heavy (non-hydrogen) atoms. The number of piperazine rings is 1. The Morgan fingerprint density at radius 3 is 2.58 bits per heavy atom. The van der Waals surface area contributed by atoms with E-state index in [-0.39, 0.29) is 0 Å². The number of anilines is 1. The normalized spacial score (nSPS) is 17.1. The highest BCUT2D eigenvalue weighted by molar-refractivity contribution is 14.1. The molecule has 1 aliphatic rings. The third-order valence-electron chi connectivity index (χ3n) is 3.72. The van der Waals surface area contributed by atoms with E-state index in [1.807, 2.05) is 0 Å². The first-order valence-electron chi connectivity index (χ1n) is 6.64. The Morgan fingerprint density at radius 2 is 1.84 bits per heavy atom. The summed E-state index contributed by atoms with van der Waals surface area (Å²) in [4.78, 5) is 9.54. The van der Waals surface area contributed by atoms with Gasteiger partial charge in [-0.15, -0.1) is 0 Å². The average molecular weight is 367 g/mol. The minimum Gasteiger partial charge on any atom is -0.368 e. The summed E-state index contributed by atoms with van der Waals surface area (Å²) in [5.74, 6) is 0. The predicted molar refractivity (Wildman–Crippen MR) is 88.9 cm³/mol. The number of halogens is 1. The molecule has 100 valence electrons. The molecule has 0 unspecified atom stereocenters. The van der Waals surface area contributed by atoms with Crippen molar-refractivity contribution in [3.63, 3.8) is 0 Å². The SMILES string of the molecule is Cc1cc(N2CCN(C)CC2)c2ccc(I)cc2n1. The van der Waals surface area contributed by atoms with Crippen LogP contribution in [-0.4, -0.2) is 43.1 Å². The van der Waals surface area contributed by atoms with Gasteiger partial charge in [0.25, 0.3) is 0 Å². The molecule has 0 spiro atoms. The minimum atomic E-state index is 1.10. The molecular weight excluding hydrogens is 349 g/mol. The summed E-state index contributed by atoms with van der Waals surface area (Å²) in [5.41, 5.74) is 3.55. The van der Waals surface area contributed by atoms with Gasteiger partial charge in [-0.2, -0.15) is 0 Å². The van der Waals surface area contributed by atoms with Crippen LogP contribution in [0.25, 0.3) is 10.9 Å². The summed E-state index contributed by atoms with van der Waals surface area (Å²) in [7, 11) is 2.19. The number of rotatable bonds is 1. The van der Waals surface area contributed by atoms with Crippen molar-refractivity contribution in [1.82, 2.24) is 9.88 Å². The molecule has 2 heterocycles. The lowest BCUT2D eigenvalue weighted by atomic mass is 10.1. The maximum absolute atomic E-state index is 4.67. The van der Waals surface area contributed by atoms with E-state index in [4.69, 9.17) is 0 Å². The monoisotopic (exact) mass is 367 g/mol. The van der Waals surface area contributed by atoms with Gasteiger partial charge in [0, 0.05) is 46.5 Å². The molecule has 0 amide bonds. The zero-order chi connectivity index (χ0) is 13.4. The molecule has 0 radical (unpaired) electrons. The second kappa shape index (κ2) is 5.25. The number of aryl methyl sites for hydroxylation is 1. The van der Waals surface area contributed by atoms with Crippen LogP contribution in [0.1, 0.15) is 5.69 Å². The van der Waals surface area contributed by atoms with Crippen molar-refractivity contribution < 1.29 is 0 Å². The lowest BCUT2D eigenvalue weighted by Gasteiger charge is -2.34. The van der Waals surface area contributed by atoms with Crippen LogP contribution in [0, 0.1) is 10.5 Å². The third kappa shape index (κ3) is 2.69. The van der Waals surface area contributed by atoms with Crippen LogP contribution in [0.2, 0.25) is 0 Å². The number of aromatic nitrogens is 1. The zero-order valence-electron chi connectivity index (χ0n) is 11.4. The Kier molecular flexibility index (Phi) is 3.62. The van der Waals surface area contributed by atoms with Gasteiger partial charge in [0.15, 0.2) is 0 Å². The highest BCUT2D eigenvalue weighted by Crippen LogP contribution is 2.28. The third-order valence-corrected chi connectivity index (χ3v) is 4.39. The standard InChI is InChI=1S/C15H18IN3/c1-11-9-15(19-7-5-18(2)6-8-19)13-4-3-12(16)10-14(13)17-11/h3-4,9-10H,5-8H2,1-2H3. The lowest BCUT2D eigenvalue weighted by molar-refractivity contribution is 0.313. The summed E-state index contributed by atoms with van der Waals surface area (Å²) in [6.07, 6.45) is 0. The summed E-state index contributed by atoms with van der Waals surface area (Å²) in [6.45, 7) is 6.54. The highest BCUT2D eigenvalue weighted by Gasteiger charge is 2.17. The largest absolute Gasteiger partial charge is 0.368 e. The van der Waals surface area contributed by atoms with E-state index in [0.717, 1.165) is 37.4 Å². The molecule has 2 aromatic rings. The van der Waals surface area contributed by atoms with Crippen molar-refractivity contribution in [1.29, 1.82) is 0 Å². The predicted octanol–water partition coefficient (Wildman–Crippen LogP) is 2.90. The van der Waals surface area contributed by atoms with Crippen molar-refractivity contribution in [2.24, 2.45) is 0 Å². The van der Waals surface area contributed by atoms with E-state index in [1.54, 1.807) is 0 Å². The number of hydrogen-bond acceptors (Lipinski definition) is 3. The summed E-state index contributed by atoms with van der Waals surface area (Å²) >= 11 is 2.35. The number of hydrogen-bond donors (Lipinski definition) is 0. The van der Waals surface area contributed by atoms with Crippen LogP contribution < -0.4 is 4.90 Å². The Labute approximate surface area is 127 Å². The maximum Gasteiger partial charge on any atom is 0.0736 e. The highest BCUT2D eigenvalue weighted by atomic mass is 127. The molecule has 1 aliphatic heterocycles. The van der Waals surface area contributed by atoms with Crippen LogP contribution in [0.4, 0.5) is 5.69 Å². The number of benzene rings is 1. The fourth-order valence-corrected chi connectivity index (χ4v) is 3.10. The van der Waals surface area contributed by atoms with E-state index in [1.165, 1.54) is 14.6 Å². The molecule has 1 aromatic carbocycles. The average Bonchev–Trinajstić information content (AvgIpc) is 2.38. The number of likely N-dealkylation sites (N-methyl/N-ethyl adjacent to an activating group) is 1. The molecule has 3 rings (SSSR count). The lowest BCUT2D eigenvalue weighted by Crippen LogP contribution is -2.44. The Balaban J connectivity index is 2.07. The van der Waals surface area contributed by atoms with Crippen molar-refractivity contribution >= 4 is 39.2 Å². The van der Waals surface area contributed by atoms with Gasteiger partial charge in [-0.3, -0.25) is 4.98 Å². The van der Waals surface area contributed by atoms with Gasteiger partial charge >= 0.3 is 0 Å². The van der Waals surface area contributed by atoms with Crippen LogP contribution >= 0.6 is 22.6 Å². The quantitative estimate of drug-likeness (QED) is 0.723. The fourth-order valence-electron chi connectivity index (χ4n) is 2.62. The Morgan fingerprint density at radius 1 is 1.11 bits per heavy atom. The van der Waals surface area contributed by atoms with Gasteiger partial charge in [-0.25, -0.2) is 0 Å².